The van der Waals surface area contributed by atoms with Crippen molar-refractivity contribution in [3.8, 4) is 11.3 Å². The molecule has 4 rings (SSSR count). The molecule has 0 aliphatic carbocycles. The Morgan fingerprint density at radius 1 is 0.758 bits per heavy atom. The first-order valence-corrected chi connectivity index (χ1v) is 10.8. The number of anilines is 2. The fraction of sp³-hybridized carbons (Fsp3) is 0.192. The standard InChI is InChI=1S/C26H25N3O4/c1-4-32-25(30)27-18-12-10-17(11-13-18)24-21-9-7-6-8-20(21)22-16-19(28-26(31)33-5-2)14-15-23(22)29(24)3/h6-16H,4-5H2,1-3H3,(H,28,31)/p+1. The number of fused-ring (bicyclic) bond motifs is 3. The minimum Gasteiger partial charge on any atom is -0.450 e. The molecule has 3 aromatic carbocycles. The van der Waals surface area contributed by atoms with E-state index in [4.69, 9.17) is 9.47 Å². The zero-order valence-corrected chi connectivity index (χ0v) is 18.8. The van der Waals surface area contributed by atoms with Crippen molar-refractivity contribution in [2.24, 2.45) is 7.05 Å². The van der Waals surface area contributed by atoms with E-state index in [1.807, 2.05) is 61.6 Å². The molecule has 1 aromatic heterocycles. The second-order valence-corrected chi connectivity index (χ2v) is 7.45. The van der Waals surface area contributed by atoms with Gasteiger partial charge in [-0.1, -0.05) is 18.2 Å². The van der Waals surface area contributed by atoms with Gasteiger partial charge < -0.3 is 9.47 Å². The van der Waals surface area contributed by atoms with Crippen LogP contribution in [-0.4, -0.2) is 25.4 Å². The number of nitrogens with zero attached hydrogens (tertiary/aromatic N) is 1. The SMILES string of the molecule is CCOC(=O)Nc1ccc(-c2c3ccccc3c3cc(NC(=O)OCC)ccc3[n+]2C)cc1. The molecule has 0 unspecified atom stereocenters. The number of carbonyl (C=O) groups is 2. The first-order chi connectivity index (χ1) is 16.0. The number of benzene rings is 3. The van der Waals surface area contributed by atoms with Gasteiger partial charge in [-0.05, 0) is 56.3 Å². The summed E-state index contributed by atoms with van der Waals surface area (Å²) in [5.41, 5.74) is 4.42. The van der Waals surface area contributed by atoms with Crippen LogP contribution in [-0.2, 0) is 16.5 Å². The molecule has 168 valence electrons. The fourth-order valence-corrected chi connectivity index (χ4v) is 3.98. The summed E-state index contributed by atoms with van der Waals surface area (Å²) in [5, 5.41) is 8.67. The molecular formula is C26H26N3O4+. The lowest BCUT2D eigenvalue weighted by atomic mass is 9.99. The summed E-state index contributed by atoms with van der Waals surface area (Å²) < 4.78 is 12.1. The van der Waals surface area contributed by atoms with Gasteiger partial charge in [-0.25, -0.2) is 9.59 Å². The van der Waals surface area contributed by atoms with E-state index >= 15 is 0 Å². The molecular weight excluding hydrogens is 418 g/mol. The lowest BCUT2D eigenvalue weighted by Crippen LogP contribution is -2.32. The number of nitrogens with one attached hydrogen (secondary N) is 2. The first-order valence-electron chi connectivity index (χ1n) is 10.8. The molecule has 7 nitrogen and oxygen atoms in total. The van der Waals surface area contributed by atoms with Gasteiger partial charge in [0.25, 0.3) is 0 Å². The van der Waals surface area contributed by atoms with E-state index in [1.54, 1.807) is 13.8 Å². The molecule has 0 aliphatic rings. The molecule has 0 bridgehead atoms. The van der Waals surface area contributed by atoms with Crippen LogP contribution in [0.5, 0.6) is 0 Å². The number of hydrogen-bond donors (Lipinski definition) is 2. The molecule has 0 radical (unpaired) electrons. The van der Waals surface area contributed by atoms with Gasteiger partial charge in [0.15, 0.2) is 0 Å². The summed E-state index contributed by atoms with van der Waals surface area (Å²) in [6.07, 6.45) is -0.946. The Kier molecular flexibility index (Phi) is 6.40. The monoisotopic (exact) mass is 444 g/mol. The van der Waals surface area contributed by atoms with Crippen molar-refractivity contribution in [1.82, 2.24) is 0 Å². The molecule has 0 saturated heterocycles. The van der Waals surface area contributed by atoms with Crippen molar-refractivity contribution in [3.63, 3.8) is 0 Å². The number of aromatic nitrogens is 1. The molecule has 7 heteroatoms. The molecule has 4 aromatic rings. The van der Waals surface area contributed by atoms with E-state index in [2.05, 4.69) is 27.3 Å². The van der Waals surface area contributed by atoms with Crippen LogP contribution in [0, 0.1) is 0 Å². The highest BCUT2D eigenvalue weighted by molar-refractivity contribution is 6.10. The number of rotatable bonds is 5. The highest BCUT2D eigenvalue weighted by Crippen LogP contribution is 2.32. The van der Waals surface area contributed by atoms with Gasteiger partial charge >= 0.3 is 12.2 Å². The van der Waals surface area contributed by atoms with Crippen LogP contribution in [0.2, 0.25) is 0 Å². The number of amides is 2. The third-order valence-corrected chi connectivity index (χ3v) is 5.37. The predicted molar refractivity (Wildman–Crippen MR) is 129 cm³/mol. The maximum Gasteiger partial charge on any atom is 0.411 e. The van der Waals surface area contributed by atoms with E-state index in [0.29, 0.717) is 24.6 Å². The van der Waals surface area contributed by atoms with Crippen molar-refractivity contribution < 1.29 is 23.6 Å². The van der Waals surface area contributed by atoms with Gasteiger partial charge in [0.05, 0.1) is 24.0 Å². The molecule has 1 heterocycles. The van der Waals surface area contributed by atoms with E-state index in [1.165, 1.54) is 0 Å². The molecule has 2 amide bonds. The minimum atomic E-state index is -0.473. The van der Waals surface area contributed by atoms with Crippen molar-refractivity contribution in [1.29, 1.82) is 0 Å². The molecule has 0 saturated carbocycles. The number of carbonyl (C=O) groups excluding carboxylic acids is 2. The summed E-state index contributed by atoms with van der Waals surface area (Å²) in [4.78, 5) is 23.6. The first kappa shape index (κ1) is 22.1. The summed E-state index contributed by atoms with van der Waals surface area (Å²) >= 11 is 0. The number of aryl methyl sites for hydroxylation is 1. The molecule has 0 spiro atoms. The molecule has 0 atom stereocenters. The van der Waals surface area contributed by atoms with Gasteiger partial charge in [-0.15, -0.1) is 0 Å². The van der Waals surface area contributed by atoms with E-state index < -0.39 is 12.2 Å². The number of hydrogen-bond acceptors (Lipinski definition) is 4. The van der Waals surface area contributed by atoms with E-state index in [-0.39, 0.29) is 0 Å². The van der Waals surface area contributed by atoms with Crippen molar-refractivity contribution in [3.05, 3.63) is 66.7 Å². The zero-order chi connectivity index (χ0) is 23.4. The summed E-state index contributed by atoms with van der Waals surface area (Å²) in [6, 6.07) is 21.7. The van der Waals surface area contributed by atoms with Crippen molar-refractivity contribution in [2.75, 3.05) is 23.8 Å². The minimum absolute atomic E-state index is 0.314. The lowest BCUT2D eigenvalue weighted by Gasteiger charge is -2.12. The normalized spacial score (nSPS) is 10.8. The Bertz CT molecular complexity index is 1330. The van der Waals surface area contributed by atoms with E-state index in [0.717, 1.165) is 32.9 Å². The number of ether oxygens (including phenoxy) is 2. The van der Waals surface area contributed by atoms with Gasteiger partial charge in [0.2, 0.25) is 11.2 Å². The average molecular weight is 445 g/mol. The molecule has 0 aliphatic heterocycles. The smallest absolute Gasteiger partial charge is 0.411 e. The van der Waals surface area contributed by atoms with E-state index in [9.17, 15) is 9.59 Å². The predicted octanol–water partition coefficient (Wildman–Crippen LogP) is 5.62. The van der Waals surface area contributed by atoms with Gasteiger partial charge in [-0.2, -0.15) is 4.57 Å². The Hall–Kier alpha value is -4.13. The van der Waals surface area contributed by atoms with Gasteiger partial charge in [-0.3, -0.25) is 10.6 Å². The Morgan fingerprint density at radius 3 is 1.97 bits per heavy atom. The zero-order valence-electron chi connectivity index (χ0n) is 18.8. The molecule has 2 N–H and O–H groups in total. The maximum atomic E-state index is 11.9. The lowest BCUT2D eigenvalue weighted by molar-refractivity contribution is -0.632. The largest absolute Gasteiger partial charge is 0.450 e. The molecule has 33 heavy (non-hydrogen) atoms. The Morgan fingerprint density at radius 2 is 1.33 bits per heavy atom. The topological polar surface area (TPSA) is 80.5 Å². The second kappa shape index (κ2) is 9.56. The van der Waals surface area contributed by atoms with Gasteiger partial charge in [0, 0.05) is 28.4 Å². The van der Waals surface area contributed by atoms with Gasteiger partial charge in [0.1, 0.15) is 7.05 Å². The summed E-state index contributed by atoms with van der Waals surface area (Å²) in [5.74, 6) is 0. The fourth-order valence-electron chi connectivity index (χ4n) is 3.98. The summed E-state index contributed by atoms with van der Waals surface area (Å²) in [6.45, 7) is 4.17. The number of pyridine rings is 1. The van der Waals surface area contributed by atoms with Crippen LogP contribution in [0.3, 0.4) is 0 Å². The maximum absolute atomic E-state index is 11.9. The van der Waals surface area contributed by atoms with Crippen LogP contribution in [0.4, 0.5) is 21.0 Å². The average Bonchev–Trinajstić information content (AvgIpc) is 2.80. The van der Waals surface area contributed by atoms with Crippen LogP contribution in [0.1, 0.15) is 13.8 Å². The Balaban J connectivity index is 1.80. The highest BCUT2D eigenvalue weighted by atomic mass is 16.6. The van der Waals surface area contributed by atoms with Crippen LogP contribution >= 0.6 is 0 Å². The summed E-state index contributed by atoms with van der Waals surface area (Å²) in [7, 11) is 2.02. The third kappa shape index (κ3) is 4.57. The molecule has 0 fully saturated rings. The third-order valence-electron chi connectivity index (χ3n) is 5.37. The highest BCUT2D eigenvalue weighted by Gasteiger charge is 2.21. The Labute approximate surface area is 191 Å². The van der Waals surface area contributed by atoms with Crippen LogP contribution in [0.25, 0.3) is 32.9 Å². The van der Waals surface area contributed by atoms with Crippen LogP contribution < -0.4 is 15.2 Å². The van der Waals surface area contributed by atoms with Crippen molar-refractivity contribution in [2.45, 2.75) is 13.8 Å². The quantitative estimate of drug-likeness (QED) is 0.309. The van der Waals surface area contributed by atoms with Crippen LogP contribution in [0.15, 0.2) is 66.7 Å². The van der Waals surface area contributed by atoms with Crippen molar-refractivity contribution >= 4 is 45.2 Å². The second-order valence-electron chi connectivity index (χ2n) is 7.45.